The number of amides is 3. The number of likely N-dealkylation sites (tertiary alicyclic amines) is 1. The highest BCUT2D eigenvalue weighted by Crippen LogP contribution is 2.44. The molecule has 3 aliphatic rings. The Kier molecular flexibility index (Phi) is 8.33. The summed E-state index contributed by atoms with van der Waals surface area (Å²) in [5, 5.41) is 12.0. The molecule has 3 aromatic rings. The summed E-state index contributed by atoms with van der Waals surface area (Å²) in [5.74, 6) is 0.670. The lowest BCUT2D eigenvalue weighted by Crippen LogP contribution is -2.48. The van der Waals surface area contributed by atoms with E-state index < -0.39 is 0 Å². The molecular weight excluding hydrogens is 556 g/mol. The normalized spacial score (nSPS) is 22.3. The number of nitrogens with zero attached hydrogens (tertiary/aromatic N) is 5. The van der Waals surface area contributed by atoms with Gasteiger partial charge in [-0.2, -0.15) is 0 Å². The fraction of sp³-hybridized carbons (Fsp3) is 0.516. The van der Waals surface area contributed by atoms with Gasteiger partial charge in [0.05, 0.1) is 6.04 Å². The molecule has 0 radical (unpaired) electrons. The number of nitrogens with one attached hydrogen (secondary N) is 1. The molecule has 0 spiro atoms. The van der Waals surface area contributed by atoms with Crippen molar-refractivity contribution in [1.29, 1.82) is 0 Å². The number of hydrogen-bond acceptors (Lipinski definition) is 6. The molecule has 2 aromatic heterocycles. The first-order valence-electron chi connectivity index (χ1n) is 15.0. The number of rotatable bonds is 8. The molecule has 1 N–H and O–H groups in total. The molecule has 222 valence electrons. The minimum absolute atomic E-state index is 0.000995. The Morgan fingerprint density at radius 2 is 1.88 bits per heavy atom. The Morgan fingerprint density at radius 1 is 1.05 bits per heavy atom. The minimum Gasteiger partial charge on any atom is -0.485 e. The maximum absolute atomic E-state index is 14.3. The first kappa shape index (κ1) is 28.5. The summed E-state index contributed by atoms with van der Waals surface area (Å²) in [6.07, 6.45) is 7.72. The highest BCUT2D eigenvalue weighted by Gasteiger charge is 2.42. The number of aromatic nitrogens is 3. The van der Waals surface area contributed by atoms with Gasteiger partial charge in [-0.1, -0.05) is 30.5 Å². The van der Waals surface area contributed by atoms with E-state index in [4.69, 9.17) is 16.3 Å². The molecule has 3 atom stereocenters. The van der Waals surface area contributed by atoms with Crippen LogP contribution in [-0.4, -0.2) is 68.8 Å². The van der Waals surface area contributed by atoms with Gasteiger partial charge in [0.25, 0.3) is 0 Å². The average molecular weight is 593 g/mol. The SMILES string of the molecule is CNC(=O)[C@H]1CCCC[C@H]1C(=O)N1CCc2c(Cl)ccc(OCc3nnc4ccccn34)c2[C@H]1CCN1CCCC1=O. The molecule has 1 saturated carbocycles. The summed E-state index contributed by atoms with van der Waals surface area (Å²) in [5.41, 5.74) is 2.58. The largest absolute Gasteiger partial charge is 0.485 e. The van der Waals surface area contributed by atoms with E-state index in [1.165, 1.54) is 0 Å². The van der Waals surface area contributed by atoms with E-state index in [0.717, 1.165) is 42.6 Å². The molecule has 10 nitrogen and oxygen atoms in total. The third kappa shape index (κ3) is 5.44. The zero-order valence-electron chi connectivity index (χ0n) is 23.9. The molecule has 2 fully saturated rings. The first-order chi connectivity index (χ1) is 20.5. The third-order valence-corrected chi connectivity index (χ3v) is 9.46. The third-order valence-electron chi connectivity index (χ3n) is 9.11. The summed E-state index contributed by atoms with van der Waals surface area (Å²) in [6, 6.07) is 9.08. The number of fused-ring (bicyclic) bond motifs is 2. The number of benzene rings is 1. The number of ether oxygens (including phenoxy) is 1. The van der Waals surface area contributed by atoms with E-state index >= 15 is 0 Å². The number of carbonyl (C=O) groups is 3. The zero-order valence-corrected chi connectivity index (χ0v) is 24.7. The van der Waals surface area contributed by atoms with Crippen molar-refractivity contribution in [1.82, 2.24) is 29.7 Å². The maximum Gasteiger partial charge on any atom is 0.227 e. The lowest BCUT2D eigenvalue weighted by molar-refractivity contribution is -0.146. The second kappa shape index (κ2) is 12.3. The number of carbonyl (C=O) groups excluding carboxylic acids is 3. The van der Waals surface area contributed by atoms with Crippen LogP contribution in [0, 0.1) is 11.8 Å². The van der Waals surface area contributed by atoms with Gasteiger partial charge in [0.15, 0.2) is 11.5 Å². The Bertz CT molecular complexity index is 1490. The van der Waals surface area contributed by atoms with Gasteiger partial charge in [0, 0.05) is 61.7 Å². The molecule has 0 unspecified atom stereocenters. The van der Waals surface area contributed by atoms with E-state index in [9.17, 15) is 14.4 Å². The predicted molar refractivity (Wildman–Crippen MR) is 157 cm³/mol. The highest BCUT2D eigenvalue weighted by atomic mass is 35.5. The number of hydrogen-bond donors (Lipinski definition) is 1. The smallest absolute Gasteiger partial charge is 0.227 e. The van der Waals surface area contributed by atoms with Crippen LogP contribution in [0.4, 0.5) is 0 Å². The average Bonchev–Trinajstić information content (AvgIpc) is 3.64. The van der Waals surface area contributed by atoms with Gasteiger partial charge in [0.2, 0.25) is 17.7 Å². The van der Waals surface area contributed by atoms with Crippen LogP contribution >= 0.6 is 11.6 Å². The molecule has 11 heteroatoms. The van der Waals surface area contributed by atoms with Crippen molar-refractivity contribution < 1.29 is 19.1 Å². The van der Waals surface area contributed by atoms with E-state index in [0.29, 0.717) is 61.8 Å². The van der Waals surface area contributed by atoms with Crippen LogP contribution in [0.25, 0.3) is 5.65 Å². The number of pyridine rings is 1. The summed E-state index contributed by atoms with van der Waals surface area (Å²) in [6.45, 7) is 1.95. The molecule has 3 amide bonds. The monoisotopic (exact) mass is 592 g/mol. The topological polar surface area (TPSA) is 109 Å². The van der Waals surface area contributed by atoms with Crippen molar-refractivity contribution in [2.45, 2.75) is 64.0 Å². The number of halogens is 1. The van der Waals surface area contributed by atoms with Crippen LogP contribution in [0.2, 0.25) is 5.02 Å². The molecule has 42 heavy (non-hydrogen) atoms. The summed E-state index contributed by atoms with van der Waals surface area (Å²) in [7, 11) is 1.63. The molecule has 1 saturated heterocycles. The van der Waals surface area contributed by atoms with E-state index in [-0.39, 0.29) is 42.2 Å². The fourth-order valence-corrected chi connectivity index (χ4v) is 7.22. The van der Waals surface area contributed by atoms with Crippen molar-refractivity contribution >= 4 is 35.0 Å². The van der Waals surface area contributed by atoms with Crippen molar-refractivity contribution in [3.8, 4) is 5.75 Å². The highest BCUT2D eigenvalue weighted by molar-refractivity contribution is 6.31. The van der Waals surface area contributed by atoms with Gasteiger partial charge in [0.1, 0.15) is 12.4 Å². The van der Waals surface area contributed by atoms with Crippen molar-refractivity contribution in [3.63, 3.8) is 0 Å². The maximum atomic E-state index is 14.3. The Balaban J connectivity index is 1.34. The molecule has 2 aliphatic heterocycles. The zero-order chi connectivity index (χ0) is 29.2. The second-order valence-corrected chi connectivity index (χ2v) is 11.9. The lowest BCUT2D eigenvalue weighted by Gasteiger charge is -2.42. The summed E-state index contributed by atoms with van der Waals surface area (Å²) >= 11 is 6.76. The van der Waals surface area contributed by atoms with E-state index in [2.05, 4.69) is 15.5 Å². The van der Waals surface area contributed by atoms with Crippen molar-refractivity contribution in [2.24, 2.45) is 11.8 Å². The molecular formula is C31H37ClN6O4. The summed E-state index contributed by atoms with van der Waals surface area (Å²) in [4.78, 5) is 43.4. The quantitative estimate of drug-likeness (QED) is 0.424. The first-order valence-corrected chi connectivity index (χ1v) is 15.4. The predicted octanol–water partition coefficient (Wildman–Crippen LogP) is 3.95. The van der Waals surface area contributed by atoms with Gasteiger partial charge in [-0.05, 0) is 61.9 Å². The molecule has 0 bridgehead atoms. The van der Waals surface area contributed by atoms with Gasteiger partial charge in [-0.3, -0.25) is 18.8 Å². The van der Waals surface area contributed by atoms with E-state index in [1.807, 2.05) is 50.7 Å². The van der Waals surface area contributed by atoms with Gasteiger partial charge >= 0.3 is 0 Å². The molecule has 1 aromatic carbocycles. The minimum atomic E-state index is -0.373. The van der Waals surface area contributed by atoms with Crippen LogP contribution < -0.4 is 10.1 Å². The van der Waals surface area contributed by atoms with Crippen LogP contribution in [0.15, 0.2) is 36.5 Å². The van der Waals surface area contributed by atoms with Crippen LogP contribution in [0.1, 0.15) is 67.9 Å². The Morgan fingerprint density at radius 3 is 2.67 bits per heavy atom. The van der Waals surface area contributed by atoms with Crippen LogP contribution in [0.5, 0.6) is 5.75 Å². The lowest BCUT2D eigenvalue weighted by atomic mass is 9.77. The van der Waals surface area contributed by atoms with Crippen LogP contribution in [0.3, 0.4) is 0 Å². The van der Waals surface area contributed by atoms with Crippen molar-refractivity contribution in [2.75, 3.05) is 26.7 Å². The fourth-order valence-electron chi connectivity index (χ4n) is 6.96. The molecule has 1 aliphatic carbocycles. The molecule has 4 heterocycles. The van der Waals surface area contributed by atoms with Crippen molar-refractivity contribution in [3.05, 3.63) is 58.5 Å². The standard InChI is InChI=1S/C31H37ClN6O4/c1-33-30(40)20-7-2-3-8-21(20)31(41)37-18-13-22-23(32)11-12-25(29(22)24(37)14-17-36-15-6-10-28(36)39)42-19-27-35-34-26-9-4-5-16-38(26)27/h4-5,9,11-12,16,20-21,24H,2-3,6-8,10,13-15,17-19H2,1H3,(H,33,40)/t20-,21+,24+/m0/s1. The van der Waals surface area contributed by atoms with Gasteiger partial charge < -0.3 is 19.9 Å². The Labute approximate surface area is 250 Å². The molecule has 6 rings (SSSR count). The second-order valence-electron chi connectivity index (χ2n) is 11.5. The van der Waals surface area contributed by atoms with Crippen LogP contribution in [-0.2, 0) is 27.4 Å². The summed E-state index contributed by atoms with van der Waals surface area (Å²) < 4.78 is 8.31. The van der Waals surface area contributed by atoms with Gasteiger partial charge in [-0.15, -0.1) is 10.2 Å². The van der Waals surface area contributed by atoms with Gasteiger partial charge in [-0.25, -0.2) is 0 Å². The van der Waals surface area contributed by atoms with E-state index in [1.54, 1.807) is 7.05 Å². The Hall–Kier alpha value is -3.66.